The Labute approximate surface area is 288 Å². The van der Waals surface area contributed by atoms with Crippen molar-refractivity contribution < 1.29 is 34.2 Å². The second-order valence-corrected chi connectivity index (χ2v) is 13.8. The number of aliphatic carboxylic acids is 1. The molecule has 6 atom stereocenters. The minimum absolute atomic E-state index is 0.0711. The summed E-state index contributed by atoms with van der Waals surface area (Å²) in [6.07, 6.45) is 1.98. The van der Waals surface area contributed by atoms with E-state index in [4.69, 9.17) is 0 Å². The van der Waals surface area contributed by atoms with Gasteiger partial charge in [0.25, 0.3) is 11.8 Å². The van der Waals surface area contributed by atoms with Gasteiger partial charge in [-0.25, -0.2) is 0 Å². The van der Waals surface area contributed by atoms with Crippen LogP contribution in [0.4, 0.5) is 5.69 Å². The molecule has 10 heteroatoms. The van der Waals surface area contributed by atoms with E-state index in [-0.39, 0.29) is 31.6 Å². The van der Waals surface area contributed by atoms with Crippen LogP contribution in [0.1, 0.15) is 41.9 Å². The first-order valence-electron chi connectivity index (χ1n) is 16.9. The van der Waals surface area contributed by atoms with Gasteiger partial charge in [-0.2, -0.15) is 5.01 Å². The number of fused-ring (bicyclic) bond motifs is 5. The number of nitrogens with one attached hydrogen (secondary N) is 1. The van der Waals surface area contributed by atoms with E-state index in [1.165, 1.54) is 0 Å². The zero-order valence-corrected chi connectivity index (χ0v) is 27.3. The lowest BCUT2D eigenvalue weighted by molar-refractivity contribution is -0.143. The first-order chi connectivity index (χ1) is 24.1. The van der Waals surface area contributed by atoms with Gasteiger partial charge in [0.2, 0.25) is 11.8 Å². The van der Waals surface area contributed by atoms with Crippen molar-refractivity contribution in [2.24, 2.45) is 23.7 Å². The lowest BCUT2D eigenvalue weighted by atomic mass is 9.49. The molecule has 1 saturated carbocycles. The van der Waals surface area contributed by atoms with Gasteiger partial charge < -0.3 is 10.2 Å². The Kier molecular flexibility index (Phi) is 7.36. The predicted octanol–water partition coefficient (Wildman–Crippen LogP) is 5.31. The van der Waals surface area contributed by atoms with Crippen LogP contribution < -0.4 is 5.43 Å². The zero-order valence-electron chi connectivity index (χ0n) is 27.3. The summed E-state index contributed by atoms with van der Waals surface area (Å²) in [7, 11) is 0. The maximum atomic E-state index is 15.3. The maximum absolute atomic E-state index is 15.3. The number of allylic oxidation sites excluding steroid dienone is 2. The Bertz CT molecular complexity index is 2130. The number of carboxylic acids is 1. The van der Waals surface area contributed by atoms with Crippen LogP contribution in [0.25, 0.3) is 10.8 Å². The Morgan fingerprint density at radius 3 is 2.26 bits per heavy atom. The molecule has 4 amide bonds. The van der Waals surface area contributed by atoms with Crippen LogP contribution in [-0.4, -0.2) is 56.3 Å². The number of carboxylic acid groups (broad SMARTS) is 1. The molecule has 10 nitrogen and oxygen atoms in total. The van der Waals surface area contributed by atoms with E-state index in [0.717, 1.165) is 26.6 Å². The van der Waals surface area contributed by atoms with Gasteiger partial charge in [0, 0.05) is 17.8 Å². The highest BCUT2D eigenvalue weighted by atomic mass is 16.4. The third-order valence-electron chi connectivity index (χ3n) is 11.3. The minimum atomic E-state index is -1.44. The number of carbonyl (C=O) groups is 5. The first kappa shape index (κ1) is 31.5. The number of rotatable bonds is 7. The number of likely N-dealkylation sites (tertiary alicyclic amines) is 1. The maximum Gasteiger partial charge on any atom is 0.305 e. The number of anilines is 1. The largest absolute Gasteiger partial charge is 0.507 e. The van der Waals surface area contributed by atoms with Crippen LogP contribution >= 0.6 is 0 Å². The lowest BCUT2D eigenvalue weighted by Gasteiger charge is -2.51. The molecular weight excluding hydrogens is 634 g/mol. The molecule has 4 aromatic rings. The molecule has 2 aliphatic heterocycles. The van der Waals surface area contributed by atoms with E-state index in [1.54, 1.807) is 30.3 Å². The summed E-state index contributed by atoms with van der Waals surface area (Å²) in [6.45, 7) is 1.72. The number of carbonyl (C=O) groups excluding carboxylic acids is 4. The van der Waals surface area contributed by atoms with Gasteiger partial charge in [-0.3, -0.25) is 34.3 Å². The molecule has 4 aliphatic rings. The molecule has 8 rings (SSSR count). The average Bonchev–Trinajstić information content (AvgIpc) is 3.49. The normalized spacial score (nSPS) is 27.2. The smallest absolute Gasteiger partial charge is 0.305 e. The predicted molar refractivity (Wildman–Crippen MR) is 183 cm³/mol. The number of phenols is 1. The molecule has 3 fully saturated rings. The number of phenolic OH excluding ortho intramolecular Hbond substituents is 1. The van der Waals surface area contributed by atoms with E-state index in [2.05, 4.69) is 5.43 Å². The van der Waals surface area contributed by atoms with Crippen molar-refractivity contribution in [3.8, 4) is 5.75 Å². The number of nitrogens with zero attached hydrogens (tertiary/aromatic N) is 2. The molecule has 0 aromatic heterocycles. The fourth-order valence-electron chi connectivity index (χ4n) is 9.14. The van der Waals surface area contributed by atoms with Gasteiger partial charge >= 0.3 is 5.97 Å². The number of amides is 4. The average molecular weight is 670 g/mol. The van der Waals surface area contributed by atoms with Crippen LogP contribution in [0.5, 0.6) is 5.75 Å². The van der Waals surface area contributed by atoms with Crippen molar-refractivity contribution in [2.75, 3.05) is 12.0 Å². The summed E-state index contributed by atoms with van der Waals surface area (Å²) in [5.74, 6) is -6.50. The van der Waals surface area contributed by atoms with E-state index in [9.17, 15) is 29.4 Å². The van der Waals surface area contributed by atoms with Gasteiger partial charge in [-0.1, -0.05) is 90.0 Å². The van der Waals surface area contributed by atoms with Crippen molar-refractivity contribution in [1.82, 2.24) is 9.91 Å². The molecular formula is C40H35N3O7. The number of hydrazine groups is 1. The number of imide groups is 2. The van der Waals surface area contributed by atoms with E-state index in [0.29, 0.717) is 22.0 Å². The Morgan fingerprint density at radius 1 is 0.840 bits per heavy atom. The molecule has 3 N–H and O–H groups in total. The third kappa shape index (κ3) is 4.51. The highest BCUT2D eigenvalue weighted by molar-refractivity contribution is 6.13. The molecule has 50 heavy (non-hydrogen) atoms. The Morgan fingerprint density at radius 2 is 1.54 bits per heavy atom. The Balaban J connectivity index is 1.36. The van der Waals surface area contributed by atoms with E-state index >= 15 is 4.79 Å². The zero-order chi connectivity index (χ0) is 34.9. The second kappa shape index (κ2) is 11.7. The SMILES string of the molecule is Cc1ccc(NN2C(=O)C3CC4C(=CCC5C(=O)N(CCC(=O)O)C(=O)C54)C(c4ccc(O)c5ccccc45)C3(c3ccccc3)C2=O)cc1. The van der Waals surface area contributed by atoms with Crippen molar-refractivity contribution in [1.29, 1.82) is 0 Å². The molecule has 2 saturated heterocycles. The molecule has 0 bridgehead atoms. The van der Waals surface area contributed by atoms with Crippen molar-refractivity contribution in [2.45, 2.75) is 37.5 Å². The van der Waals surface area contributed by atoms with E-state index in [1.807, 2.05) is 73.7 Å². The lowest BCUT2D eigenvalue weighted by Crippen LogP contribution is -2.53. The molecule has 6 unspecified atom stereocenters. The number of hydrogen-bond acceptors (Lipinski definition) is 7. The number of hydrogen-bond donors (Lipinski definition) is 3. The van der Waals surface area contributed by atoms with Gasteiger partial charge in [0.05, 0.1) is 35.3 Å². The number of aromatic hydroxyl groups is 1. The molecule has 4 aromatic carbocycles. The highest BCUT2D eigenvalue weighted by Crippen LogP contribution is 2.64. The molecule has 0 spiro atoms. The van der Waals surface area contributed by atoms with E-state index < -0.39 is 64.6 Å². The monoisotopic (exact) mass is 669 g/mol. The summed E-state index contributed by atoms with van der Waals surface area (Å²) in [5, 5.41) is 22.7. The number of benzene rings is 4. The van der Waals surface area contributed by atoms with Crippen LogP contribution in [-0.2, 0) is 29.4 Å². The second-order valence-electron chi connectivity index (χ2n) is 13.8. The standard InChI is InChI=1S/C40H35N3O7/c1-22-11-13-24(14-12-22)41-43-37(48)31-21-30-28(15-16-29-34(30)38(49)42(36(29)47)20-19-33(45)46)35(40(31,39(43)50)23-7-3-2-4-8-23)27-17-18-32(44)26-10-6-5-9-25(26)27/h2-15,17-18,29-31,34-35,41,44H,16,19-21H2,1H3,(H,45,46). The Hall–Kier alpha value is -5.77. The molecule has 2 aliphatic carbocycles. The third-order valence-corrected chi connectivity index (χ3v) is 11.3. The fraction of sp³-hybridized carbons (Fsp3) is 0.275. The quantitative estimate of drug-likeness (QED) is 0.177. The fourth-order valence-corrected chi connectivity index (χ4v) is 9.14. The van der Waals surface area contributed by atoms with Gasteiger partial charge in [0.15, 0.2) is 0 Å². The van der Waals surface area contributed by atoms with Crippen LogP contribution in [0.15, 0.2) is 103 Å². The van der Waals surface area contributed by atoms with Gasteiger partial charge in [-0.15, -0.1) is 0 Å². The number of aryl methyl sites for hydroxylation is 1. The summed E-state index contributed by atoms with van der Waals surface area (Å²) in [6, 6.07) is 27.4. The minimum Gasteiger partial charge on any atom is -0.507 e. The summed E-state index contributed by atoms with van der Waals surface area (Å²) in [4.78, 5) is 70.4. The van der Waals surface area contributed by atoms with Crippen LogP contribution in [0, 0.1) is 30.6 Å². The van der Waals surface area contributed by atoms with Gasteiger partial charge in [0.1, 0.15) is 5.75 Å². The topological polar surface area (TPSA) is 144 Å². The van der Waals surface area contributed by atoms with Crippen molar-refractivity contribution in [3.63, 3.8) is 0 Å². The van der Waals surface area contributed by atoms with Crippen molar-refractivity contribution >= 4 is 46.1 Å². The summed E-state index contributed by atoms with van der Waals surface area (Å²) in [5.41, 5.74) is 5.40. The van der Waals surface area contributed by atoms with Crippen LogP contribution in [0.2, 0.25) is 0 Å². The van der Waals surface area contributed by atoms with Gasteiger partial charge in [-0.05, 0) is 60.4 Å². The highest BCUT2D eigenvalue weighted by Gasteiger charge is 2.70. The first-order valence-corrected chi connectivity index (χ1v) is 16.9. The molecule has 0 radical (unpaired) electrons. The molecule has 252 valence electrons. The van der Waals surface area contributed by atoms with Crippen molar-refractivity contribution in [3.05, 3.63) is 119 Å². The molecule has 2 heterocycles. The summed E-state index contributed by atoms with van der Waals surface area (Å²) >= 11 is 0. The van der Waals surface area contributed by atoms with Crippen LogP contribution in [0.3, 0.4) is 0 Å². The summed E-state index contributed by atoms with van der Waals surface area (Å²) < 4.78 is 0.